The molecule has 1 saturated heterocycles. The molecule has 170 valence electrons. The van der Waals surface area contributed by atoms with Gasteiger partial charge in [-0.15, -0.1) is 0 Å². The van der Waals surface area contributed by atoms with Gasteiger partial charge in [-0.1, -0.05) is 66.7 Å². The maximum Gasteiger partial charge on any atom is 0.234 e. The fraction of sp³-hybridized carbons (Fsp3) is 0.296. The lowest BCUT2D eigenvalue weighted by atomic mass is 9.75. The Bertz CT molecular complexity index is 1020. The van der Waals surface area contributed by atoms with Gasteiger partial charge in [0.1, 0.15) is 5.41 Å². The molecule has 6 nitrogen and oxygen atoms in total. The van der Waals surface area contributed by atoms with Crippen molar-refractivity contribution in [3.63, 3.8) is 0 Å². The van der Waals surface area contributed by atoms with Gasteiger partial charge in [-0.05, 0) is 42.6 Å². The third kappa shape index (κ3) is 5.12. The summed E-state index contributed by atoms with van der Waals surface area (Å²) >= 11 is 0. The van der Waals surface area contributed by atoms with Crippen LogP contribution in [0.25, 0.3) is 0 Å². The van der Waals surface area contributed by atoms with Gasteiger partial charge < -0.3 is 10.6 Å². The Labute approximate surface area is 195 Å². The molecule has 33 heavy (non-hydrogen) atoms. The van der Waals surface area contributed by atoms with Crippen LogP contribution >= 0.6 is 0 Å². The van der Waals surface area contributed by atoms with Gasteiger partial charge in [-0.25, -0.2) is 0 Å². The first-order chi connectivity index (χ1) is 16.1. The van der Waals surface area contributed by atoms with Gasteiger partial charge >= 0.3 is 0 Å². The predicted octanol–water partition coefficient (Wildman–Crippen LogP) is 3.07. The number of rotatable bonds is 7. The third-order valence-electron chi connectivity index (χ3n) is 6.33. The molecule has 4 rings (SSSR count). The molecule has 0 radical (unpaired) electrons. The minimum absolute atomic E-state index is 0.0576. The van der Waals surface area contributed by atoms with E-state index >= 15 is 0 Å². The molecule has 0 bridgehead atoms. The van der Waals surface area contributed by atoms with E-state index in [4.69, 9.17) is 0 Å². The molecular formula is C27H30N4O2. The highest BCUT2D eigenvalue weighted by atomic mass is 16.2. The summed E-state index contributed by atoms with van der Waals surface area (Å²) in [6.07, 6.45) is 3.24. The molecule has 6 heteroatoms. The number of benzene rings is 2. The minimum atomic E-state index is -0.757. The second-order valence-corrected chi connectivity index (χ2v) is 8.51. The van der Waals surface area contributed by atoms with Gasteiger partial charge in [0, 0.05) is 19.8 Å². The number of piperidine rings is 1. The normalized spacial score (nSPS) is 18.6. The number of hydrogen-bond acceptors (Lipinski definition) is 4. The lowest BCUT2D eigenvalue weighted by Crippen LogP contribution is -2.56. The minimum Gasteiger partial charge on any atom is -0.358 e. The lowest BCUT2D eigenvalue weighted by Gasteiger charge is -2.40. The van der Waals surface area contributed by atoms with E-state index in [2.05, 4.69) is 20.5 Å². The van der Waals surface area contributed by atoms with E-state index in [1.54, 1.807) is 13.2 Å². The summed E-state index contributed by atoms with van der Waals surface area (Å²) in [6, 6.07) is 25.4. The Hall–Kier alpha value is -3.51. The number of likely N-dealkylation sites (N-methyl/N-ethyl adjacent to an activating group) is 1. The number of likely N-dealkylation sites (tertiary alicyclic amines) is 1. The van der Waals surface area contributed by atoms with Gasteiger partial charge in [0.15, 0.2) is 0 Å². The number of aromatic nitrogens is 1. The molecule has 0 spiro atoms. The zero-order chi connectivity index (χ0) is 23.1. The van der Waals surface area contributed by atoms with Crippen LogP contribution in [0.15, 0.2) is 85.1 Å². The van der Waals surface area contributed by atoms with Crippen LogP contribution in [0.3, 0.4) is 0 Å². The molecule has 1 aliphatic heterocycles. The number of carbonyl (C=O) groups is 2. The van der Waals surface area contributed by atoms with Crippen molar-refractivity contribution in [1.82, 2.24) is 20.5 Å². The number of amides is 2. The van der Waals surface area contributed by atoms with E-state index in [9.17, 15) is 9.59 Å². The molecule has 2 aromatic carbocycles. The summed E-state index contributed by atoms with van der Waals surface area (Å²) in [6.45, 7) is 1.44. The van der Waals surface area contributed by atoms with Crippen LogP contribution < -0.4 is 10.6 Å². The van der Waals surface area contributed by atoms with Crippen molar-refractivity contribution < 1.29 is 9.59 Å². The molecule has 2 amide bonds. The van der Waals surface area contributed by atoms with E-state index in [0.29, 0.717) is 13.0 Å². The summed E-state index contributed by atoms with van der Waals surface area (Å²) in [7, 11) is 1.66. The van der Waals surface area contributed by atoms with Crippen LogP contribution in [-0.2, 0) is 15.0 Å². The number of nitrogens with zero attached hydrogens (tertiary/aromatic N) is 2. The highest BCUT2D eigenvalue weighted by molar-refractivity contribution is 5.88. The highest BCUT2D eigenvalue weighted by Gasteiger charge is 2.44. The molecule has 1 fully saturated rings. The van der Waals surface area contributed by atoms with Crippen LogP contribution in [0.4, 0.5) is 0 Å². The van der Waals surface area contributed by atoms with Gasteiger partial charge in [0.05, 0.1) is 18.3 Å². The van der Waals surface area contributed by atoms with Crippen LogP contribution in [0.1, 0.15) is 35.7 Å². The molecule has 2 heterocycles. The number of nitrogens with one attached hydrogen (secondary N) is 2. The average Bonchev–Trinajstić information content (AvgIpc) is 2.88. The van der Waals surface area contributed by atoms with Crippen molar-refractivity contribution in [2.75, 3.05) is 26.7 Å². The zero-order valence-electron chi connectivity index (χ0n) is 18.9. The predicted molar refractivity (Wildman–Crippen MR) is 129 cm³/mol. The Morgan fingerprint density at radius 2 is 1.61 bits per heavy atom. The van der Waals surface area contributed by atoms with Gasteiger partial charge in [-0.3, -0.25) is 19.5 Å². The monoisotopic (exact) mass is 442 g/mol. The fourth-order valence-electron chi connectivity index (χ4n) is 4.73. The quantitative estimate of drug-likeness (QED) is 0.590. The molecule has 1 aliphatic rings. The average molecular weight is 443 g/mol. The molecule has 3 aromatic rings. The number of carbonyl (C=O) groups excluding carboxylic acids is 2. The number of hydrogen-bond donors (Lipinski definition) is 2. The molecule has 0 aliphatic carbocycles. The summed E-state index contributed by atoms with van der Waals surface area (Å²) < 4.78 is 0. The van der Waals surface area contributed by atoms with Gasteiger partial charge in [-0.2, -0.15) is 0 Å². The van der Waals surface area contributed by atoms with Crippen molar-refractivity contribution in [2.45, 2.75) is 24.3 Å². The first-order valence-corrected chi connectivity index (χ1v) is 11.4. The van der Waals surface area contributed by atoms with Crippen molar-refractivity contribution in [2.24, 2.45) is 0 Å². The van der Waals surface area contributed by atoms with Crippen molar-refractivity contribution in [3.8, 4) is 0 Å². The van der Waals surface area contributed by atoms with Crippen molar-refractivity contribution >= 4 is 11.8 Å². The van der Waals surface area contributed by atoms with E-state index in [1.807, 2.05) is 78.9 Å². The van der Waals surface area contributed by atoms with Crippen LogP contribution in [0.5, 0.6) is 0 Å². The molecule has 0 unspecified atom stereocenters. The Balaban J connectivity index is 1.52. The molecule has 1 atom stereocenters. The van der Waals surface area contributed by atoms with Crippen molar-refractivity contribution in [3.05, 3.63) is 102 Å². The molecule has 1 aromatic heterocycles. The Morgan fingerprint density at radius 3 is 2.18 bits per heavy atom. The van der Waals surface area contributed by atoms with E-state index < -0.39 is 5.41 Å². The van der Waals surface area contributed by atoms with Crippen LogP contribution in [-0.4, -0.2) is 48.4 Å². The van der Waals surface area contributed by atoms with Crippen LogP contribution in [0.2, 0.25) is 0 Å². The molecular weight excluding hydrogens is 412 g/mol. The maximum atomic E-state index is 13.2. The van der Waals surface area contributed by atoms with Crippen molar-refractivity contribution in [1.29, 1.82) is 0 Å². The summed E-state index contributed by atoms with van der Waals surface area (Å²) in [5.41, 5.74) is 2.06. The largest absolute Gasteiger partial charge is 0.358 e. The lowest BCUT2D eigenvalue weighted by molar-refractivity contribution is -0.130. The van der Waals surface area contributed by atoms with E-state index in [1.165, 1.54) is 0 Å². The number of pyridine rings is 1. The second-order valence-electron chi connectivity index (χ2n) is 8.51. The SMILES string of the molecule is CNC(=O)[C@@]1(c2ccccn2)CCCN(CC(=O)NC(c2ccccc2)c2ccccc2)C1. The van der Waals surface area contributed by atoms with Gasteiger partial charge in [0.25, 0.3) is 0 Å². The first-order valence-electron chi connectivity index (χ1n) is 11.4. The third-order valence-corrected chi connectivity index (χ3v) is 6.33. The smallest absolute Gasteiger partial charge is 0.234 e. The Morgan fingerprint density at radius 1 is 0.970 bits per heavy atom. The topological polar surface area (TPSA) is 74.3 Å². The summed E-state index contributed by atoms with van der Waals surface area (Å²) in [4.78, 5) is 32.7. The van der Waals surface area contributed by atoms with E-state index in [-0.39, 0.29) is 24.4 Å². The molecule has 2 N–H and O–H groups in total. The fourth-order valence-corrected chi connectivity index (χ4v) is 4.73. The first kappa shape index (κ1) is 22.7. The molecule has 0 saturated carbocycles. The highest BCUT2D eigenvalue weighted by Crippen LogP contribution is 2.33. The van der Waals surface area contributed by atoms with E-state index in [0.717, 1.165) is 29.8 Å². The second kappa shape index (κ2) is 10.4. The standard InChI is InChI=1S/C27H30N4O2/c1-28-26(33)27(23-15-8-9-17-29-23)16-10-18-31(20-27)19-24(32)30-25(21-11-4-2-5-12-21)22-13-6-3-7-14-22/h2-9,11-15,17,25H,10,16,18-20H2,1H3,(H,28,33)(H,30,32)/t27-/m0/s1. The van der Waals surface area contributed by atoms with Crippen LogP contribution in [0, 0.1) is 0 Å². The Kier molecular flexibility index (Phi) is 7.15. The van der Waals surface area contributed by atoms with Gasteiger partial charge in [0.2, 0.25) is 11.8 Å². The zero-order valence-corrected chi connectivity index (χ0v) is 18.9. The maximum absolute atomic E-state index is 13.2. The summed E-state index contributed by atoms with van der Waals surface area (Å²) in [5, 5.41) is 6.03. The summed E-state index contributed by atoms with van der Waals surface area (Å²) in [5.74, 6) is -0.126.